The van der Waals surface area contributed by atoms with Gasteiger partial charge in [0.05, 0.1) is 34.4 Å². The van der Waals surface area contributed by atoms with Gasteiger partial charge < -0.3 is 90.1 Å². The Morgan fingerprint density at radius 3 is 1.34 bits per heavy atom. The quantitative estimate of drug-likeness (QED) is 0.0609. The van der Waals surface area contributed by atoms with E-state index < -0.39 is 99.4 Å². The molecule has 5 fully saturated rings. The topological polar surface area (TPSA) is 277 Å². The minimum absolute atomic E-state index is 0.0877. The predicted octanol–water partition coefficient (Wildman–Crippen LogP) is 3.28. The van der Waals surface area contributed by atoms with Gasteiger partial charge in [-0.1, -0.05) is 48.9 Å². The molecule has 0 aliphatic carbocycles. The number of carbonyl (C=O) groups excluding carboxylic acids is 4. The van der Waals surface area contributed by atoms with E-state index in [-0.39, 0.29) is 46.0 Å². The van der Waals surface area contributed by atoms with E-state index in [9.17, 15) is 44.7 Å². The average Bonchev–Trinajstić information content (AvgIpc) is 1.61. The van der Waals surface area contributed by atoms with Crippen molar-refractivity contribution in [1.29, 1.82) is 0 Å². The van der Waals surface area contributed by atoms with Gasteiger partial charge in [0.2, 0.25) is 0 Å². The molecule has 0 unspecified atom stereocenters. The third kappa shape index (κ3) is 18.5. The first-order chi connectivity index (χ1) is 39.6. The maximum absolute atomic E-state index is 11.3. The lowest BCUT2D eigenvalue weighted by Crippen LogP contribution is -2.49. The smallest absolute Gasteiger partial charge is 0.250 e. The number of nitrogens with zero attached hydrogens (tertiary/aromatic N) is 4. The molecular weight excluding hydrogens is 1320 g/mol. The Morgan fingerprint density at radius 2 is 0.919 bits per heavy atom. The second kappa shape index (κ2) is 28.5. The van der Waals surface area contributed by atoms with Crippen molar-refractivity contribution in [2.45, 2.75) is 127 Å². The van der Waals surface area contributed by atoms with Crippen LogP contribution in [0.5, 0.6) is 0 Å². The molecule has 5 saturated heterocycles. The van der Waals surface area contributed by atoms with Gasteiger partial charge in [-0.2, -0.15) is 0 Å². The lowest BCUT2D eigenvalue weighted by Gasteiger charge is -2.38. The largest absolute Gasteiger partial charge is 0.389 e. The maximum atomic E-state index is 11.3. The van der Waals surface area contributed by atoms with Gasteiger partial charge in [0.15, 0.2) is 18.7 Å². The van der Waals surface area contributed by atoms with Gasteiger partial charge in [-0.15, -0.1) is 64.3 Å². The van der Waals surface area contributed by atoms with E-state index in [1.54, 1.807) is 40.2 Å². The van der Waals surface area contributed by atoms with Gasteiger partial charge in [0.25, 0.3) is 23.6 Å². The van der Waals surface area contributed by atoms with Crippen molar-refractivity contribution in [2.75, 3.05) is 84.6 Å². The summed E-state index contributed by atoms with van der Waals surface area (Å²) in [7, 11) is 0. The molecule has 9 rings (SSSR count). The van der Waals surface area contributed by atoms with Crippen molar-refractivity contribution in [2.24, 2.45) is 0 Å². The monoisotopic (exact) mass is 1410 g/mol. The number of nitrogens with one attached hydrogen (secondary N) is 4. The van der Waals surface area contributed by atoms with Crippen LogP contribution in [0.4, 0.5) is 0 Å². The summed E-state index contributed by atoms with van der Waals surface area (Å²) < 4.78 is 29.7. The lowest BCUT2D eigenvalue weighted by atomic mass is 9.94. The van der Waals surface area contributed by atoms with Crippen LogP contribution in [0.1, 0.15) is 32.6 Å². The van der Waals surface area contributed by atoms with Crippen LogP contribution in [0.25, 0.3) is 0 Å². The minimum atomic E-state index is -1.25. The van der Waals surface area contributed by atoms with E-state index in [1.807, 2.05) is 0 Å². The zero-order chi connectivity index (χ0) is 64.4. The van der Waals surface area contributed by atoms with Gasteiger partial charge in [-0.25, -0.2) is 0 Å². The number of hydrogen-bond acceptors (Lipinski definition) is 18. The van der Waals surface area contributed by atoms with Crippen molar-refractivity contribution < 1.29 is 68.4 Å². The fraction of sp³-hybridized carbons (Fsp3) is 0.586. The van der Waals surface area contributed by atoms with Crippen molar-refractivity contribution in [3.63, 3.8) is 0 Å². The molecule has 28 heteroatoms. The predicted molar refractivity (Wildman–Crippen MR) is 360 cm³/mol. The molecule has 0 saturated carbocycles. The van der Waals surface area contributed by atoms with E-state index in [2.05, 4.69) is 149 Å². The number of aliphatic hydroxyl groups excluding tert-OH is 5. The zero-order valence-corrected chi connectivity index (χ0v) is 57.5. The van der Waals surface area contributed by atoms with E-state index in [0.717, 1.165) is 43.9 Å². The third-order valence-electron chi connectivity index (χ3n) is 15.6. The summed E-state index contributed by atoms with van der Waals surface area (Å²) in [6.07, 6.45) is 28.1. The normalized spacial score (nSPS) is 35.2. The standard InChI is InChI=1S/C15H23N2O4P.C15H25N2O4P.C14H22ClN2O3P.C14H22IN2O3P/c1-10-16-11(18)5-7-17(10)14-12-13(19)15(21-14,9-20-12)6-8-22(2,3)4;1-10-16-11(18)6-8-17(10)14-12(19)13(20)15(2,21-14)7-9-22(3,4)5;2*1-9-16-11(18)5-7-17(9)14-12(15)13(19)10(20-14)6-8-21(2,3)4/h5,7,12-14,19H,1-2,6,8-9H2,3-4H3,(H,16,18);6,8,12-14,19-20H,1,3,7,9H2,2,4-5H3,(H,16,18);2*5,7,10,12-14,19H,1-2,6,8H2,3-4H3,(H,16,18)/t12-,13+,14-,15+;12-,13+,14-,15-;2*10-,12-,13-,14-/m1111/s1. The summed E-state index contributed by atoms with van der Waals surface area (Å²) in [6.45, 7) is 29.8. The summed E-state index contributed by atoms with van der Waals surface area (Å²) >= 11 is 8.50. The van der Waals surface area contributed by atoms with Crippen LogP contribution in [0, 0.1) is 0 Å². The molecule has 0 radical (unpaired) electrons. The van der Waals surface area contributed by atoms with Crippen LogP contribution in [0.3, 0.4) is 0 Å². The number of halogens is 2. The van der Waals surface area contributed by atoms with Gasteiger partial charge in [-0.3, -0.25) is 19.2 Å². The molecule has 9 heterocycles. The van der Waals surface area contributed by atoms with E-state index in [1.165, 1.54) is 35.4 Å². The van der Waals surface area contributed by atoms with Crippen molar-refractivity contribution in [3.05, 3.63) is 98.7 Å². The van der Waals surface area contributed by atoms with Crippen LogP contribution >= 0.6 is 61.7 Å². The van der Waals surface area contributed by atoms with Gasteiger partial charge in [-0.05, 0) is 111 Å². The number of aliphatic hydroxyl groups is 5. The van der Waals surface area contributed by atoms with Crippen LogP contribution in [-0.4, -0.2) is 273 Å². The Hall–Kier alpha value is -3.18. The van der Waals surface area contributed by atoms with Gasteiger partial charge in [0.1, 0.15) is 71.0 Å². The highest BCUT2D eigenvalue weighted by Crippen LogP contribution is 2.49. The SMILES string of the molecule is C=C1NC(=O)C=CN1[C@@H]1O[C@@]2(CCP(=C)(C)C)CO[C@@H]1[C@@H]2O.C=C1NC(=O)C=CN1[C@@H]1O[C@H](CCP(=C)(C)C)[C@@H](O)[C@H]1Cl.C=C1NC(=O)C=CN1[C@@H]1O[C@H](CCP(=C)(C)C)[C@@H](O)[C@H]1I.C=C1NC(=O)C=CN1[C@@H]1O[C@](C)(CCP(=C)(C)C)[C@@H](O)[C@H]1O. The molecule has 16 atom stereocenters. The molecule has 9 aliphatic heterocycles. The van der Waals surface area contributed by atoms with Crippen LogP contribution in [0.15, 0.2) is 98.7 Å². The average molecular weight is 1410 g/mol. The Kier molecular flexibility index (Phi) is 23.9. The number of amides is 4. The fourth-order valence-corrected chi connectivity index (χ4v) is 15.7. The van der Waals surface area contributed by atoms with Gasteiger partial charge >= 0.3 is 0 Å². The summed E-state index contributed by atoms with van der Waals surface area (Å²) in [5.74, 6) is 0.702. The molecule has 22 nitrogen and oxygen atoms in total. The van der Waals surface area contributed by atoms with E-state index in [4.69, 9.17) is 35.3 Å². The minimum Gasteiger partial charge on any atom is -0.389 e. The molecule has 0 spiro atoms. The first-order valence-corrected chi connectivity index (χ1v) is 42.0. The summed E-state index contributed by atoms with van der Waals surface area (Å²) in [4.78, 5) is 51.8. The number of carbonyl (C=O) groups is 4. The fourth-order valence-electron chi connectivity index (χ4n) is 10.4. The Balaban J connectivity index is 0.000000183. The summed E-state index contributed by atoms with van der Waals surface area (Å²) in [5.41, 5.74) is -1.53. The second-order valence-corrected chi connectivity index (χ2v) is 45.1. The maximum Gasteiger partial charge on any atom is 0.250 e. The van der Waals surface area contributed by atoms with E-state index >= 15 is 0 Å². The molecule has 0 aromatic carbocycles. The highest BCUT2D eigenvalue weighted by molar-refractivity contribution is 14.1. The summed E-state index contributed by atoms with van der Waals surface area (Å²) in [5, 5.41) is 61.8. The highest BCUT2D eigenvalue weighted by atomic mass is 127. The van der Waals surface area contributed by atoms with Crippen LogP contribution in [-0.2, 0) is 42.9 Å². The second-order valence-electron chi connectivity index (χ2n) is 25.9. The Morgan fingerprint density at radius 1 is 0.547 bits per heavy atom. The first-order valence-electron chi connectivity index (χ1n) is 28.1. The van der Waals surface area contributed by atoms with Crippen LogP contribution < -0.4 is 21.3 Å². The molecule has 86 heavy (non-hydrogen) atoms. The molecular formula is C58H92ClIN8O14P4. The van der Waals surface area contributed by atoms with Crippen LogP contribution in [0.2, 0.25) is 0 Å². The molecule has 0 aromatic heterocycles. The summed E-state index contributed by atoms with van der Waals surface area (Å²) in [6, 6.07) is 0. The molecule has 9 aliphatic rings. The molecule has 2 bridgehead atoms. The number of ether oxygens (including phenoxy) is 5. The van der Waals surface area contributed by atoms with Crippen molar-refractivity contribution in [3.8, 4) is 0 Å². The third-order valence-corrected chi connectivity index (χ3v) is 23.2. The van der Waals surface area contributed by atoms with E-state index in [0.29, 0.717) is 36.3 Å². The molecule has 9 N–H and O–H groups in total. The molecule has 482 valence electrons. The molecule has 0 aromatic rings. The highest BCUT2D eigenvalue weighted by Gasteiger charge is 2.62. The number of alkyl halides is 2. The Labute approximate surface area is 526 Å². The lowest BCUT2D eigenvalue weighted by molar-refractivity contribution is -0.182. The number of rotatable bonds is 16. The zero-order valence-electron chi connectivity index (χ0n) is 51.0. The van der Waals surface area contributed by atoms with Crippen molar-refractivity contribution >= 4 is 111 Å². The Bertz CT molecular complexity index is 2810. The van der Waals surface area contributed by atoms with Crippen molar-refractivity contribution in [1.82, 2.24) is 40.9 Å². The number of hydrogen-bond donors (Lipinski definition) is 9. The molecule has 4 amide bonds. The first kappa shape index (κ1) is 71.9. The van der Waals surface area contributed by atoms with Gasteiger partial charge in [0, 0.05) is 49.1 Å². The number of fused-ring (bicyclic) bond motifs is 2.